The third kappa shape index (κ3) is 6.06. The molecule has 1 aliphatic rings. The zero-order valence-electron chi connectivity index (χ0n) is 23.2. The molecule has 2 aromatic heterocycles. The number of anilines is 1. The number of benzene rings is 3. The van der Waals surface area contributed by atoms with Crippen LogP contribution < -0.4 is 16.0 Å². The van der Waals surface area contributed by atoms with Gasteiger partial charge in [-0.15, -0.1) is 0 Å². The number of fused-ring (bicyclic) bond motifs is 1. The number of aromatic nitrogens is 3. The number of aromatic amines is 1. The highest BCUT2D eigenvalue weighted by Crippen LogP contribution is 2.28. The fraction of sp³-hybridized carbons (Fsp3) is 0.212. The van der Waals surface area contributed by atoms with Gasteiger partial charge in [0.05, 0.1) is 17.9 Å². The molecule has 0 aliphatic carbocycles. The Labute approximate surface area is 242 Å². The number of piperidine rings is 1. The standard InChI is InChI=1S/C33H31FN6O2/c1-20(21-6-8-27(34)9-7-21)38-33(42)26-14-25(15-28(16-26)39-32(41)22-10-12-35-13-11-22)30-19-37-31(40-30)29-17-23-4-2-3-5-24(23)18-36-29/h2-9,14-20,22,35H,10-13H2,1H3,(H,37,40)(H,38,42)(H,39,41)/t20-/m1/s1. The van der Waals surface area contributed by atoms with Gasteiger partial charge in [0.2, 0.25) is 5.91 Å². The van der Waals surface area contributed by atoms with Crippen molar-refractivity contribution in [2.24, 2.45) is 5.92 Å². The predicted molar refractivity (Wildman–Crippen MR) is 161 cm³/mol. The first-order valence-electron chi connectivity index (χ1n) is 14.1. The normalized spacial score (nSPS) is 14.4. The number of carbonyl (C=O) groups excluding carboxylic acids is 2. The first-order valence-corrected chi connectivity index (χ1v) is 14.1. The highest BCUT2D eigenvalue weighted by atomic mass is 19.1. The molecule has 42 heavy (non-hydrogen) atoms. The molecule has 6 rings (SSSR count). The topological polar surface area (TPSA) is 112 Å². The van der Waals surface area contributed by atoms with E-state index in [0.29, 0.717) is 34.0 Å². The number of nitrogens with one attached hydrogen (secondary N) is 4. The van der Waals surface area contributed by atoms with Crippen LogP contribution in [0.25, 0.3) is 33.5 Å². The summed E-state index contributed by atoms with van der Waals surface area (Å²) in [6.07, 6.45) is 5.03. The molecule has 0 spiro atoms. The van der Waals surface area contributed by atoms with Crippen LogP contribution in [-0.2, 0) is 4.79 Å². The van der Waals surface area contributed by atoms with Gasteiger partial charge in [0.15, 0.2) is 5.82 Å². The van der Waals surface area contributed by atoms with Crippen molar-refractivity contribution >= 4 is 28.3 Å². The van der Waals surface area contributed by atoms with Crippen LogP contribution in [0.1, 0.15) is 41.7 Å². The SMILES string of the molecule is C[C@@H](NC(=O)c1cc(NC(=O)C2CCNCC2)cc(-c2cnc(-c3cc4ccccc4cn3)[nH]2)c1)c1ccc(F)cc1. The molecule has 0 unspecified atom stereocenters. The number of imidazole rings is 1. The van der Waals surface area contributed by atoms with Crippen LogP contribution >= 0.6 is 0 Å². The lowest BCUT2D eigenvalue weighted by atomic mass is 9.97. The van der Waals surface area contributed by atoms with E-state index in [2.05, 4.69) is 30.9 Å². The number of rotatable bonds is 7. The Morgan fingerprint density at radius 2 is 1.69 bits per heavy atom. The van der Waals surface area contributed by atoms with E-state index in [9.17, 15) is 14.0 Å². The second-order valence-electron chi connectivity index (χ2n) is 10.6. The maximum absolute atomic E-state index is 13.4. The van der Waals surface area contributed by atoms with Crippen molar-refractivity contribution in [3.05, 3.63) is 102 Å². The van der Waals surface area contributed by atoms with Gasteiger partial charge in [0.25, 0.3) is 5.91 Å². The van der Waals surface area contributed by atoms with Crippen LogP contribution in [0.5, 0.6) is 0 Å². The van der Waals surface area contributed by atoms with E-state index in [1.54, 1.807) is 30.5 Å². The molecule has 5 aromatic rings. The maximum Gasteiger partial charge on any atom is 0.251 e. The summed E-state index contributed by atoms with van der Waals surface area (Å²) in [5.41, 5.74) is 3.75. The highest BCUT2D eigenvalue weighted by Gasteiger charge is 2.22. The minimum atomic E-state index is -0.354. The molecule has 0 saturated carbocycles. The Morgan fingerprint density at radius 3 is 2.48 bits per heavy atom. The summed E-state index contributed by atoms with van der Waals surface area (Å²) in [5.74, 6) is -0.219. The van der Waals surface area contributed by atoms with Crippen molar-refractivity contribution in [1.29, 1.82) is 0 Å². The minimum Gasteiger partial charge on any atom is -0.346 e. The van der Waals surface area contributed by atoms with Crippen molar-refractivity contribution in [3.8, 4) is 22.8 Å². The summed E-state index contributed by atoms with van der Waals surface area (Å²) in [6.45, 7) is 3.44. The van der Waals surface area contributed by atoms with Crippen molar-refractivity contribution in [2.75, 3.05) is 18.4 Å². The lowest BCUT2D eigenvalue weighted by molar-refractivity contribution is -0.120. The predicted octanol–water partition coefficient (Wildman–Crippen LogP) is 5.86. The van der Waals surface area contributed by atoms with Crippen LogP contribution in [-0.4, -0.2) is 39.9 Å². The number of hydrogen-bond acceptors (Lipinski definition) is 5. The molecule has 1 aliphatic heterocycles. The van der Waals surface area contributed by atoms with Gasteiger partial charge in [-0.2, -0.15) is 0 Å². The van der Waals surface area contributed by atoms with E-state index in [-0.39, 0.29) is 29.6 Å². The van der Waals surface area contributed by atoms with Gasteiger partial charge in [-0.05, 0) is 80.2 Å². The Kier molecular flexibility index (Phi) is 7.74. The van der Waals surface area contributed by atoms with Gasteiger partial charge in [-0.1, -0.05) is 36.4 Å². The van der Waals surface area contributed by atoms with Crippen molar-refractivity contribution in [3.63, 3.8) is 0 Å². The Hall–Kier alpha value is -4.89. The van der Waals surface area contributed by atoms with Crippen molar-refractivity contribution in [1.82, 2.24) is 25.6 Å². The molecule has 1 saturated heterocycles. The molecule has 4 N–H and O–H groups in total. The molecule has 0 radical (unpaired) electrons. The Morgan fingerprint density at radius 1 is 0.929 bits per heavy atom. The molecule has 2 amide bonds. The van der Waals surface area contributed by atoms with E-state index in [0.717, 1.165) is 42.3 Å². The van der Waals surface area contributed by atoms with Crippen LogP contribution in [0.2, 0.25) is 0 Å². The van der Waals surface area contributed by atoms with Crippen molar-refractivity contribution in [2.45, 2.75) is 25.8 Å². The summed E-state index contributed by atoms with van der Waals surface area (Å²) in [7, 11) is 0. The molecular formula is C33H31FN6O2. The summed E-state index contributed by atoms with van der Waals surface area (Å²) in [4.78, 5) is 39.0. The average molecular weight is 563 g/mol. The molecule has 3 heterocycles. The Bertz CT molecular complexity index is 1740. The number of nitrogens with zero attached hydrogens (tertiary/aromatic N) is 2. The van der Waals surface area contributed by atoms with Gasteiger partial charge in [0.1, 0.15) is 11.5 Å². The molecule has 0 bridgehead atoms. The molecule has 9 heteroatoms. The average Bonchev–Trinajstić information content (AvgIpc) is 3.52. The largest absolute Gasteiger partial charge is 0.346 e. The summed E-state index contributed by atoms with van der Waals surface area (Å²) < 4.78 is 13.4. The third-order valence-corrected chi connectivity index (χ3v) is 7.65. The summed E-state index contributed by atoms with van der Waals surface area (Å²) in [6, 6.07) is 20.9. The fourth-order valence-electron chi connectivity index (χ4n) is 5.24. The number of halogens is 1. The quantitative estimate of drug-likeness (QED) is 0.199. The second kappa shape index (κ2) is 11.9. The first kappa shape index (κ1) is 27.3. The van der Waals surface area contributed by atoms with E-state index in [1.165, 1.54) is 12.1 Å². The monoisotopic (exact) mass is 562 g/mol. The lowest BCUT2D eigenvalue weighted by Crippen LogP contribution is -2.34. The Balaban J connectivity index is 1.30. The zero-order valence-corrected chi connectivity index (χ0v) is 23.2. The molecular weight excluding hydrogens is 531 g/mol. The third-order valence-electron chi connectivity index (χ3n) is 7.65. The molecule has 1 atom stereocenters. The second-order valence-corrected chi connectivity index (χ2v) is 10.6. The van der Waals surface area contributed by atoms with Crippen molar-refractivity contribution < 1.29 is 14.0 Å². The van der Waals surface area contributed by atoms with Gasteiger partial charge in [0, 0.05) is 34.3 Å². The molecule has 1 fully saturated rings. The van der Waals surface area contributed by atoms with Crippen LogP contribution in [0.15, 0.2) is 85.2 Å². The highest BCUT2D eigenvalue weighted by molar-refractivity contribution is 5.99. The fourth-order valence-corrected chi connectivity index (χ4v) is 5.24. The van der Waals surface area contributed by atoms with Gasteiger partial charge in [-0.3, -0.25) is 14.6 Å². The van der Waals surface area contributed by atoms with Crippen LogP contribution in [0.3, 0.4) is 0 Å². The van der Waals surface area contributed by atoms with Gasteiger partial charge >= 0.3 is 0 Å². The number of hydrogen-bond donors (Lipinski definition) is 4. The minimum absolute atomic E-state index is 0.0645. The van der Waals surface area contributed by atoms with E-state index in [4.69, 9.17) is 0 Å². The number of pyridine rings is 1. The maximum atomic E-state index is 13.4. The van der Waals surface area contributed by atoms with Gasteiger partial charge in [-0.25, -0.2) is 9.37 Å². The van der Waals surface area contributed by atoms with Gasteiger partial charge < -0.3 is 20.9 Å². The number of carbonyl (C=O) groups is 2. The lowest BCUT2D eigenvalue weighted by Gasteiger charge is -2.22. The molecule has 212 valence electrons. The molecule has 3 aromatic carbocycles. The smallest absolute Gasteiger partial charge is 0.251 e. The van der Waals surface area contributed by atoms with E-state index in [1.807, 2.05) is 49.5 Å². The van der Waals surface area contributed by atoms with Crippen LogP contribution in [0.4, 0.5) is 10.1 Å². The van der Waals surface area contributed by atoms with E-state index >= 15 is 0 Å². The number of amides is 2. The first-order chi connectivity index (χ1) is 20.4. The van der Waals surface area contributed by atoms with Crippen LogP contribution in [0, 0.1) is 11.7 Å². The van der Waals surface area contributed by atoms with E-state index < -0.39 is 0 Å². The zero-order chi connectivity index (χ0) is 29.1. The summed E-state index contributed by atoms with van der Waals surface area (Å²) >= 11 is 0. The number of H-pyrrole nitrogens is 1. The molecule has 8 nitrogen and oxygen atoms in total. The summed E-state index contributed by atoms with van der Waals surface area (Å²) in [5, 5.41) is 11.4.